The first-order chi connectivity index (χ1) is 17.2. The van der Waals surface area contributed by atoms with Crippen LogP contribution in [-0.2, 0) is 15.7 Å². The van der Waals surface area contributed by atoms with Gasteiger partial charge in [0, 0.05) is 12.8 Å². The Morgan fingerprint density at radius 1 is 1.11 bits per heavy atom. The Labute approximate surface area is 205 Å². The van der Waals surface area contributed by atoms with E-state index in [1.807, 2.05) is 13.0 Å². The normalized spacial score (nSPS) is 17.3. The molecule has 1 spiro atoms. The average Bonchev–Trinajstić information content (AvgIpc) is 3.46. The maximum absolute atomic E-state index is 12.9. The zero-order valence-electron chi connectivity index (χ0n) is 19.9. The molecule has 10 heteroatoms. The Morgan fingerprint density at radius 3 is 2.44 bits per heavy atom. The highest BCUT2D eigenvalue weighted by Gasteiger charge is 2.38. The molecule has 0 unspecified atom stereocenters. The standard InChI is InChI=1S/C26H25F3N4O3/c1-16-13-20(14-30-23(16)18-7-9-25(10-8-18)35-11-12-36-25)32-24(34)22-15-31-33(17(22)2)21-5-3-19(4-6-21)26(27,28)29/h3-7,13-15H,8-12H2,1-2H3,(H,32,34). The summed E-state index contributed by atoms with van der Waals surface area (Å²) in [6, 6.07) is 6.49. The van der Waals surface area contributed by atoms with Gasteiger partial charge in [0.05, 0.1) is 59.5 Å². The van der Waals surface area contributed by atoms with Gasteiger partial charge in [-0.05, 0) is 61.7 Å². The lowest BCUT2D eigenvalue weighted by Crippen LogP contribution is -2.31. The summed E-state index contributed by atoms with van der Waals surface area (Å²) in [6.45, 7) is 4.88. The van der Waals surface area contributed by atoms with E-state index in [4.69, 9.17) is 9.47 Å². The highest BCUT2D eigenvalue weighted by atomic mass is 19.4. The van der Waals surface area contributed by atoms with E-state index in [0.717, 1.165) is 41.8 Å². The number of aromatic nitrogens is 3. The van der Waals surface area contributed by atoms with Crippen LogP contribution in [0.15, 0.2) is 48.8 Å². The molecule has 0 radical (unpaired) electrons. The summed E-state index contributed by atoms with van der Waals surface area (Å²) in [4.78, 5) is 17.5. The number of pyridine rings is 1. The molecule has 5 rings (SSSR count). The van der Waals surface area contributed by atoms with E-state index in [1.165, 1.54) is 23.0 Å². The molecule has 0 bridgehead atoms. The van der Waals surface area contributed by atoms with Crippen molar-refractivity contribution in [2.75, 3.05) is 18.5 Å². The van der Waals surface area contributed by atoms with Crippen molar-refractivity contribution >= 4 is 17.2 Å². The number of hydrogen-bond acceptors (Lipinski definition) is 5. The lowest BCUT2D eigenvalue weighted by molar-refractivity contribution is -0.159. The second-order valence-electron chi connectivity index (χ2n) is 8.98. The molecular formula is C26H25F3N4O3. The molecule has 36 heavy (non-hydrogen) atoms. The molecule has 2 aliphatic rings. The lowest BCUT2D eigenvalue weighted by Gasteiger charge is -2.30. The molecule has 1 aliphatic carbocycles. The van der Waals surface area contributed by atoms with Gasteiger partial charge in [0.2, 0.25) is 0 Å². The molecule has 1 amide bonds. The zero-order chi connectivity index (χ0) is 25.5. The summed E-state index contributed by atoms with van der Waals surface area (Å²) >= 11 is 0. The van der Waals surface area contributed by atoms with Crippen molar-refractivity contribution in [1.29, 1.82) is 0 Å². The van der Waals surface area contributed by atoms with E-state index in [9.17, 15) is 18.0 Å². The summed E-state index contributed by atoms with van der Waals surface area (Å²) in [5.41, 5.74) is 3.98. The van der Waals surface area contributed by atoms with Crippen molar-refractivity contribution in [1.82, 2.24) is 14.8 Å². The number of aryl methyl sites for hydroxylation is 1. The molecule has 1 fully saturated rings. The van der Waals surface area contributed by atoms with Crippen LogP contribution in [0.2, 0.25) is 0 Å². The number of nitrogens with one attached hydrogen (secondary N) is 1. The zero-order valence-corrected chi connectivity index (χ0v) is 19.9. The van der Waals surface area contributed by atoms with Crippen LogP contribution in [0.5, 0.6) is 0 Å². The third-order valence-electron chi connectivity index (χ3n) is 6.58. The molecule has 7 nitrogen and oxygen atoms in total. The van der Waals surface area contributed by atoms with Crippen molar-refractivity contribution in [3.05, 3.63) is 76.9 Å². The number of amides is 1. The van der Waals surface area contributed by atoms with Gasteiger partial charge in [-0.25, -0.2) is 4.68 Å². The highest BCUT2D eigenvalue weighted by Crippen LogP contribution is 2.38. The van der Waals surface area contributed by atoms with Crippen LogP contribution in [0.1, 0.15) is 52.1 Å². The molecule has 0 atom stereocenters. The van der Waals surface area contributed by atoms with Gasteiger partial charge in [-0.3, -0.25) is 9.78 Å². The second kappa shape index (κ2) is 9.18. The Kier molecular flexibility index (Phi) is 6.17. The first-order valence-electron chi connectivity index (χ1n) is 11.6. The van der Waals surface area contributed by atoms with Gasteiger partial charge in [-0.15, -0.1) is 0 Å². The van der Waals surface area contributed by atoms with E-state index >= 15 is 0 Å². The second-order valence-corrected chi connectivity index (χ2v) is 8.98. The van der Waals surface area contributed by atoms with Crippen molar-refractivity contribution in [2.24, 2.45) is 0 Å². The number of halogens is 3. The number of alkyl halides is 3. The maximum Gasteiger partial charge on any atom is 0.416 e. The molecular weight excluding hydrogens is 473 g/mol. The van der Waals surface area contributed by atoms with Crippen molar-refractivity contribution in [3.63, 3.8) is 0 Å². The minimum atomic E-state index is -4.42. The maximum atomic E-state index is 12.9. The van der Waals surface area contributed by atoms with Crippen LogP contribution in [0, 0.1) is 13.8 Å². The summed E-state index contributed by atoms with van der Waals surface area (Å²) < 4.78 is 51.5. The highest BCUT2D eigenvalue weighted by molar-refractivity contribution is 6.05. The third kappa shape index (κ3) is 4.66. The fourth-order valence-corrected chi connectivity index (χ4v) is 4.64. The van der Waals surface area contributed by atoms with Gasteiger partial charge < -0.3 is 14.8 Å². The number of benzene rings is 1. The fourth-order valence-electron chi connectivity index (χ4n) is 4.64. The van der Waals surface area contributed by atoms with E-state index < -0.39 is 17.5 Å². The fraction of sp³-hybridized carbons (Fsp3) is 0.346. The molecule has 2 aromatic heterocycles. The molecule has 1 N–H and O–H groups in total. The first-order valence-corrected chi connectivity index (χ1v) is 11.6. The van der Waals surface area contributed by atoms with Gasteiger partial charge in [-0.1, -0.05) is 6.08 Å². The van der Waals surface area contributed by atoms with E-state index in [-0.39, 0.29) is 5.91 Å². The van der Waals surface area contributed by atoms with Crippen molar-refractivity contribution in [3.8, 4) is 5.69 Å². The molecule has 1 aliphatic heterocycles. The molecule has 3 aromatic rings. The van der Waals surface area contributed by atoms with Crippen molar-refractivity contribution in [2.45, 2.75) is 45.1 Å². The first kappa shape index (κ1) is 24.2. The third-order valence-corrected chi connectivity index (χ3v) is 6.58. The SMILES string of the molecule is Cc1cc(NC(=O)c2cnn(-c3ccc(C(F)(F)F)cc3)c2C)cnc1C1=CCC2(CC1)OCCO2. The summed E-state index contributed by atoms with van der Waals surface area (Å²) in [5, 5.41) is 7.04. The Bertz CT molecular complexity index is 1320. The molecule has 188 valence electrons. The minimum absolute atomic E-state index is 0.313. The van der Waals surface area contributed by atoms with E-state index in [2.05, 4.69) is 21.5 Å². The number of rotatable bonds is 4. The Morgan fingerprint density at radius 2 is 1.83 bits per heavy atom. The van der Waals surface area contributed by atoms with Crippen LogP contribution in [0.3, 0.4) is 0 Å². The topological polar surface area (TPSA) is 78.3 Å². The summed E-state index contributed by atoms with van der Waals surface area (Å²) in [5.74, 6) is -0.873. The number of carbonyl (C=O) groups excluding carboxylic acids is 1. The van der Waals surface area contributed by atoms with Crippen LogP contribution < -0.4 is 5.32 Å². The lowest BCUT2D eigenvalue weighted by atomic mass is 9.90. The largest absolute Gasteiger partial charge is 0.416 e. The number of ether oxygens (including phenoxy) is 2. The van der Waals surface area contributed by atoms with Gasteiger partial charge in [0.25, 0.3) is 5.91 Å². The monoisotopic (exact) mass is 498 g/mol. The minimum Gasteiger partial charge on any atom is -0.347 e. The molecule has 1 aromatic carbocycles. The smallest absolute Gasteiger partial charge is 0.347 e. The molecule has 3 heterocycles. The van der Waals surface area contributed by atoms with E-state index in [0.29, 0.717) is 42.3 Å². The number of nitrogens with zero attached hydrogens (tertiary/aromatic N) is 3. The van der Waals surface area contributed by atoms with E-state index in [1.54, 1.807) is 13.1 Å². The number of hydrogen-bond donors (Lipinski definition) is 1. The van der Waals surface area contributed by atoms with Gasteiger partial charge in [0.15, 0.2) is 5.79 Å². The summed E-state index contributed by atoms with van der Waals surface area (Å²) in [6.07, 6.45) is 2.96. The summed E-state index contributed by atoms with van der Waals surface area (Å²) in [7, 11) is 0. The quantitative estimate of drug-likeness (QED) is 0.517. The number of carbonyl (C=O) groups is 1. The number of allylic oxidation sites excluding steroid dienone is 1. The molecule has 1 saturated heterocycles. The van der Waals surface area contributed by atoms with Crippen molar-refractivity contribution < 1.29 is 27.4 Å². The predicted octanol–water partition coefficient (Wildman–Crippen LogP) is 5.47. The van der Waals surface area contributed by atoms with Crippen LogP contribution in [0.4, 0.5) is 18.9 Å². The van der Waals surface area contributed by atoms with Crippen LogP contribution in [-0.4, -0.2) is 39.7 Å². The Hall–Kier alpha value is -3.50. The van der Waals surface area contributed by atoms with Gasteiger partial charge >= 0.3 is 6.18 Å². The van der Waals surface area contributed by atoms with Crippen LogP contribution >= 0.6 is 0 Å². The van der Waals surface area contributed by atoms with Crippen LogP contribution in [0.25, 0.3) is 11.3 Å². The van der Waals surface area contributed by atoms with Gasteiger partial charge in [-0.2, -0.15) is 18.3 Å². The predicted molar refractivity (Wildman–Crippen MR) is 127 cm³/mol. The van der Waals surface area contributed by atoms with Gasteiger partial charge in [0.1, 0.15) is 0 Å². The number of anilines is 1. The Balaban J connectivity index is 1.29. The molecule has 0 saturated carbocycles. The average molecular weight is 499 g/mol.